The van der Waals surface area contributed by atoms with E-state index in [4.69, 9.17) is 21.0 Å². The zero-order valence-electron chi connectivity index (χ0n) is 50.2. The number of rotatable bonds is 12. The van der Waals surface area contributed by atoms with Gasteiger partial charge in [0, 0.05) is 42.5 Å². The summed E-state index contributed by atoms with van der Waals surface area (Å²) in [5.74, 6) is -9.95. The summed E-state index contributed by atoms with van der Waals surface area (Å²) in [4.78, 5) is 183. The zero-order chi connectivity index (χ0) is 64.5. The number of aliphatic hydroxyl groups is 1. The number of primary amides is 2. The second-order valence-electron chi connectivity index (χ2n) is 22.0. The van der Waals surface area contributed by atoms with Gasteiger partial charge in [-0.2, -0.15) is 40.2 Å². The van der Waals surface area contributed by atoms with Crippen LogP contribution in [0.2, 0.25) is 0 Å². The van der Waals surface area contributed by atoms with Gasteiger partial charge in [-0.1, -0.05) is 25.1 Å². The van der Waals surface area contributed by atoms with Crippen molar-refractivity contribution in [2.24, 2.45) is 22.5 Å². The molecule has 0 aromatic heterocycles. The van der Waals surface area contributed by atoms with E-state index >= 15 is 4.79 Å². The predicted molar refractivity (Wildman–Crippen MR) is 325 cm³/mol. The molecule has 32 heteroatoms. The van der Waals surface area contributed by atoms with Crippen LogP contribution in [0.15, 0.2) is 23.4 Å². The number of nitrogens with one attached hydrogen (secondary N) is 7. The van der Waals surface area contributed by atoms with Gasteiger partial charge in [0.05, 0.1) is 26.2 Å². The number of thioether (sulfide) groups is 3. The molecular formula is C56H84N12O17S3. The monoisotopic (exact) mass is 1290 g/mol. The molecule has 29 nitrogen and oxygen atoms in total. The number of benzene rings is 1. The Kier molecular flexibility index (Phi) is 29.8. The Labute approximate surface area is 523 Å². The Bertz CT molecular complexity index is 2670. The fraction of sp³-hybridized carbons (Fsp3) is 0.661. The third kappa shape index (κ3) is 22.6. The van der Waals surface area contributed by atoms with Crippen molar-refractivity contribution in [3.8, 4) is 5.75 Å². The van der Waals surface area contributed by atoms with Crippen LogP contribution in [0.3, 0.4) is 0 Å². The molecule has 0 radical (unpaired) electrons. The van der Waals surface area contributed by atoms with Gasteiger partial charge in [0.1, 0.15) is 72.9 Å². The number of oxime groups is 1. The van der Waals surface area contributed by atoms with E-state index in [1.807, 2.05) is 18.2 Å². The standard InChI is InChI=1S/C56H84N12O17S3/c1-31(2)46-56(81)68-18-11-13-42(68)53(78)66-47(32(3)69)54(79)63-39(48(58)73)29-87-27-33-22-34-24-35(23-33)83-19-8-6-7-9-20-84-59-26-44(71)60-36(14-15-43(57)70)49(74)64-40(30-88-28-34)55(80)67-17-10-12-41(67)52(77)61-37(16-21-86-5)50(75)62-38(51(76)65-46)25-45(72)85-82-4/h22-24,26,31-32,36-42,46-47,69H,6-21,25,27-30H2,1-5H3,(H2,57,70)(H2,58,73)(H,60,71)(H,61,77)(H,62,75)(H,63,79)(H,64,74)(H,65,76)(H,66,78)/b59-26+/t32-,36+,37+,38+,39+,40+,41+,42+,46?,47+/m1/s1. The molecule has 2 fully saturated rings. The molecule has 10 atom stereocenters. The van der Waals surface area contributed by atoms with E-state index in [-0.39, 0.29) is 74.8 Å². The Morgan fingerprint density at radius 3 is 1.89 bits per heavy atom. The van der Waals surface area contributed by atoms with E-state index in [1.54, 1.807) is 20.1 Å². The van der Waals surface area contributed by atoms with Crippen molar-refractivity contribution in [2.75, 3.05) is 56.9 Å². The minimum Gasteiger partial charge on any atom is -0.494 e. The summed E-state index contributed by atoms with van der Waals surface area (Å²) >= 11 is 3.80. The van der Waals surface area contributed by atoms with Crippen molar-refractivity contribution in [2.45, 2.75) is 170 Å². The van der Waals surface area contributed by atoms with Gasteiger partial charge < -0.3 is 73.2 Å². The van der Waals surface area contributed by atoms with Crippen LogP contribution < -0.4 is 53.4 Å². The van der Waals surface area contributed by atoms with Crippen LogP contribution in [0.4, 0.5) is 0 Å². The Morgan fingerprint density at radius 1 is 0.693 bits per heavy atom. The fourth-order valence-electron chi connectivity index (χ4n) is 10.1. The summed E-state index contributed by atoms with van der Waals surface area (Å²) in [6.45, 7) is 5.07. The van der Waals surface area contributed by atoms with Crippen molar-refractivity contribution in [3.63, 3.8) is 0 Å². The summed E-state index contributed by atoms with van der Waals surface area (Å²) in [5, 5.41) is 32.8. The third-order valence-corrected chi connectivity index (χ3v) is 17.6. The van der Waals surface area contributed by atoms with Crippen molar-refractivity contribution in [1.29, 1.82) is 0 Å². The summed E-state index contributed by atoms with van der Waals surface area (Å²) in [5.41, 5.74) is 12.7. The highest BCUT2D eigenvalue weighted by Crippen LogP contribution is 2.28. The Balaban J connectivity index is 1.58. The lowest BCUT2D eigenvalue weighted by molar-refractivity contribution is -0.255. The first-order valence-electron chi connectivity index (χ1n) is 29.3. The maximum atomic E-state index is 15.0. The van der Waals surface area contributed by atoms with Crippen LogP contribution in [-0.2, 0) is 83.7 Å². The van der Waals surface area contributed by atoms with Crippen LogP contribution in [0.1, 0.15) is 109 Å². The third-order valence-electron chi connectivity index (χ3n) is 14.8. The van der Waals surface area contributed by atoms with Crippen molar-refractivity contribution in [3.05, 3.63) is 29.3 Å². The summed E-state index contributed by atoms with van der Waals surface area (Å²) < 4.78 is 6.24. The molecule has 0 spiro atoms. The lowest BCUT2D eigenvalue weighted by atomic mass is 10.0. The van der Waals surface area contributed by atoms with Gasteiger partial charge >= 0.3 is 5.97 Å². The Hall–Kier alpha value is -6.90. The van der Waals surface area contributed by atoms with E-state index in [2.05, 4.69) is 52.1 Å². The molecule has 4 heterocycles. The number of ether oxygens (including phenoxy) is 1. The molecule has 4 aliphatic rings. The molecule has 5 rings (SSSR count). The molecule has 88 heavy (non-hydrogen) atoms. The van der Waals surface area contributed by atoms with Crippen molar-refractivity contribution < 1.29 is 82.0 Å². The average Bonchev–Trinajstić information content (AvgIpc) is 3.45. The minimum atomic E-state index is -1.75. The van der Waals surface area contributed by atoms with Gasteiger partial charge in [0.2, 0.25) is 59.1 Å². The SMILES string of the molecule is COOC(=O)C[C@@H]1NC(=O)[C@H](CCSC)NC(=O)[C@@H]2CCCN2C(=O)[C@@H]2CSCc3cc(cc(c3)OCCCCCCO/N=C/C(=O)N[C@@H](CCC(N)=O)C(=O)N2)CSC[C@@H](C(N)=O)NC(=O)[C@H]([C@@H](C)O)NC(=O)[C@@H]2CCCN2C(=O)C(C(C)C)NC1=O. The van der Waals surface area contributed by atoms with Crippen molar-refractivity contribution in [1.82, 2.24) is 47.0 Å². The number of carbonyl (C=O) groups excluding carboxylic acids is 12. The molecule has 1 aromatic rings. The fourth-order valence-corrected chi connectivity index (χ4v) is 12.6. The molecule has 11 amide bonds. The van der Waals surface area contributed by atoms with E-state index in [0.717, 1.165) is 37.3 Å². The second-order valence-corrected chi connectivity index (χ2v) is 25.0. The summed E-state index contributed by atoms with van der Waals surface area (Å²) in [6.07, 6.45) is 3.31. The highest BCUT2D eigenvalue weighted by molar-refractivity contribution is 7.99. The maximum absolute atomic E-state index is 15.0. The highest BCUT2D eigenvalue weighted by atomic mass is 32.2. The highest BCUT2D eigenvalue weighted by Gasteiger charge is 2.43. The minimum absolute atomic E-state index is 0.0116. The number of fused-ring (bicyclic) bond motifs is 7. The van der Waals surface area contributed by atoms with Crippen molar-refractivity contribution >= 4 is 112 Å². The van der Waals surface area contributed by atoms with Gasteiger partial charge in [-0.05, 0) is 112 Å². The first-order valence-corrected chi connectivity index (χ1v) is 33.0. The van der Waals surface area contributed by atoms with Gasteiger partial charge in [0.15, 0.2) is 0 Å². The topological polar surface area (TPSA) is 417 Å². The molecule has 1 aromatic carbocycles. The van der Waals surface area contributed by atoms with Crippen LogP contribution in [-0.4, -0.2) is 209 Å². The van der Waals surface area contributed by atoms with E-state index in [9.17, 15) is 57.8 Å². The van der Waals surface area contributed by atoms with E-state index in [1.165, 1.54) is 52.0 Å². The first-order chi connectivity index (χ1) is 42.0. The number of nitrogens with zero attached hydrogens (tertiary/aromatic N) is 3. The molecule has 4 aliphatic heterocycles. The number of hydrogen-bond acceptors (Lipinski definition) is 21. The zero-order valence-corrected chi connectivity index (χ0v) is 52.7. The van der Waals surface area contributed by atoms with Crippen LogP contribution in [0, 0.1) is 5.92 Å². The molecule has 4 bridgehead atoms. The summed E-state index contributed by atoms with van der Waals surface area (Å²) in [7, 11) is 1.04. The average molecular weight is 1290 g/mol. The second kappa shape index (κ2) is 36.5. The van der Waals surface area contributed by atoms with Gasteiger partial charge in [-0.25, -0.2) is 4.79 Å². The molecular weight excluding hydrogens is 1210 g/mol. The largest absolute Gasteiger partial charge is 0.494 e. The number of carbonyl (C=O) groups is 12. The van der Waals surface area contributed by atoms with Crippen LogP contribution in [0.25, 0.3) is 0 Å². The van der Waals surface area contributed by atoms with Crippen LogP contribution in [0.5, 0.6) is 5.75 Å². The smallest absolute Gasteiger partial charge is 0.344 e. The lowest BCUT2D eigenvalue weighted by Crippen LogP contribution is -2.62. The van der Waals surface area contributed by atoms with E-state index < -0.39 is 144 Å². The molecule has 488 valence electrons. The van der Waals surface area contributed by atoms with Crippen LogP contribution >= 0.6 is 35.3 Å². The normalized spacial score (nSPS) is 26.8. The number of amides is 11. The van der Waals surface area contributed by atoms with Gasteiger partial charge in [0.25, 0.3) is 5.91 Å². The predicted octanol–water partition coefficient (Wildman–Crippen LogP) is -1.47. The number of nitrogens with two attached hydrogens (primary N) is 2. The van der Waals surface area contributed by atoms with Gasteiger partial charge in [-0.3, -0.25) is 57.6 Å². The quantitative estimate of drug-likeness (QED) is 0.0844. The first kappa shape index (κ1) is 71.8. The lowest BCUT2D eigenvalue weighted by Gasteiger charge is -2.32. The van der Waals surface area contributed by atoms with E-state index in [0.29, 0.717) is 43.8 Å². The maximum Gasteiger partial charge on any atom is 0.344 e. The molecule has 1 unspecified atom stereocenters. The number of hydrogen-bond donors (Lipinski definition) is 10. The Morgan fingerprint density at radius 2 is 1.27 bits per heavy atom. The molecule has 2 saturated heterocycles. The number of aliphatic hydroxyl groups excluding tert-OH is 1. The molecule has 0 saturated carbocycles. The van der Waals surface area contributed by atoms with Gasteiger partial charge in [-0.15, -0.1) is 0 Å². The summed E-state index contributed by atoms with van der Waals surface area (Å²) in [6, 6.07) is -7.10. The molecule has 0 aliphatic carbocycles. The molecule has 12 N–H and O–H groups in total.